The molecule has 0 unspecified atom stereocenters. The summed E-state index contributed by atoms with van der Waals surface area (Å²) in [6.07, 6.45) is -0.478. The lowest BCUT2D eigenvalue weighted by atomic mass is 10.2. The van der Waals surface area contributed by atoms with Crippen molar-refractivity contribution >= 4 is 16.2 Å². The zero-order valence-corrected chi connectivity index (χ0v) is 10.5. The first-order chi connectivity index (χ1) is 8.47. The molecule has 0 atom stereocenters. The van der Waals surface area contributed by atoms with E-state index in [9.17, 15) is 13.2 Å². The minimum absolute atomic E-state index is 0.132. The highest BCUT2D eigenvalue weighted by molar-refractivity contribution is 7.85. The van der Waals surface area contributed by atoms with E-state index in [1.807, 2.05) is 30.3 Å². The molecule has 0 bridgehead atoms. The summed E-state index contributed by atoms with van der Waals surface area (Å²) in [6.45, 7) is 0.290. The SMILES string of the molecule is O=C(NCCCS(=O)(=O)O)OCc1ccccc1. The third kappa shape index (κ3) is 6.87. The van der Waals surface area contributed by atoms with Gasteiger partial charge in [-0.15, -0.1) is 0 Å². The van der Waals surface area contributed by atoms with Crippen LogP contribution < -0.4 is 5.32 Å². The summed E-state index contributed by atoms with van der Waals surface area (Å²) in [5.74, 6) is -0.383. The van der Waals surface area contributed by atoms with E-state index in [2.05, 4.69) is 5.32 Å². The Balaban J connectivity index is 2.15. The number of hydrogen-bond acceptors (Lipinski definition) is 4. The van der Waals surface area contributed by atoms with Crippen LogP contribution in [-0.4, -0.2) is 31.4 Å². The van der Waals surface area contributed by atoms with E-state index in [4.69, 9.17) is 9.29 Å². The standard InChI is InChI=1S/C11H15NO5S/c13-11(12-7-4-8-18(14,15)16)17-9-10-5-2-1-3-6-10/h1-3,5-6H,4,7-9H2,(H,12,13)(H,14,15,16). The normalized spacial score (nSPS) is 10.9. The van der Waals surface area contributed by atoms with E-state index >= 15 is 0 Å². The van der Waals surface area contributed by atoms with Crippen LogP contribution in [0.15, 0.2) is 30.3 Å². The number of ether oxygens (including phenoxy) is 1. The third-order valence-electron chi connectivity index (χ3n) is 2.06. The zero-order valence-electron chi connectivity index (χ0n) is 9.70. The molecule has 0 heterocycles. The molecular formula is C11H15NO5S. The monoisotopic (exact) mass is 273 g/mol. The molecule has 0 aromatic heterocycles. The van der Waals surface area contributed by atoms with Crippen LogP contribution in [0, 0.1) is 0 Å². The third-order valence-corrected chi connectivity index (χ3v) is 2.87. The van der Waals surface area contributed by atoms with Crippen LogP contribution in [0.5, 0.6) is 0 Å². The summed E-state index contributed by atoms with van der Waals surface area (Å²) in [5.41, 5.74) is 0.866. The van der Waals surface area contributed by atoms with Gasteiger partial charge in [-0.2, -0.15) is 8.42 Å². The molecular weight excluding hydrogens is 258 g/mol. The van der Waals surface area contributed by atoms with Gasteiger partial charge in [-0.1, -0.05) is 30.3 Å². The van der Waals surface area contributed by atoms with E-state index in [1.165, 1.54) is 0 Å². The Morgan fingerprint density at radius 2 is 1.94 bits per heavy atom. The first kappa shape index (κ1) is 14.5. The Kier molecular flexibility index (Phi) is 5.60. The van der Waals surface area contributed by atoms with Crippen LogP contribution in [0.25, 0.3) is 0 Å². The molecule has 7 heteroatoms. The highest BCUT2D eigenvalue weighted by Crippen LogP contribution is 2.00. The summed E-state index contributed by atoms with van der Waals surface area (Å²) < 4.78 is 34.2. The fraction of sp³-hybridized carbons (Fsp3) is 0.364. The van der Waals surface area contributed by atoms with Crippen LogP contribution in [0.4, 0.5) is 4.79 Å². The maximum Gasteiger partial charge on any atom is 0.407 e. The number of alkyl carbamates (subject to hydrolysis) is 1. The molecule has 0 radical (unpaired) electrons. The minimum Gasteiger partial charge on any atom is -0.445 e. The van der Waals surface area contributed by atoms with Gasteiger partial charge in [0.15, 0.2) is 0 Å². The van der Waals surface area contributed by atoms with Crippen molar-refractivity contribution in [1.82, 2.24) is 5.32 Å². The van der Waals surface area contributed by atoms with E-state index in [0.29, 0.717) is 0 Å². The average molecular weight is 273 g/mol. The summed E-state index contributed by atoms with van der Waals surface area (Å²) in [5, 5.41) is 2.39. The van der Waals surface area contributed by atoms with Gasteiger partial charge in [0.05, 0.1) is 5.75 Å². The number of hydrogen-bond donors (Lipinski definition) is 2. The van der Waals surface area contributed by atoms with Crippen LogP contribution in [0.2, 0.25) is 0 Å². The van der Waals surface area contributed by atoms with Gasteiger partial charge in [-0.25, -0.2) is 4.79 Å². The van der Waals surface area contributed by atoms with Gasteiger partial charge in [-0.05, 0) is 12.0 Å². The molecule has 18 heavy (non-hydrogen) atoms. The van der Waals surface area contributed by atoms with E-state index in [-0.39, 0.29) is 25.3 Å². The topological polar surface area (TPSA) is 92.7 Å². The molecule has 0 aliphatic carbocycles. The van der Waals surface area contributed by atoms with E-state index in [1.54, 1.807) is 0 Å². The second kappa shape index (κ2) is 6.97. The average Bonchev–Trinajstić information content (AvgIpc) is 2.32. The summed E-state index contributed by atoms with van der Waals surface area (Å²) in [7, 11) is -3.97. The van der Waals surface area contributed by atoms with Gasteiger partial charge in [0.25, 0.3) is 10.1 Å². The Morgan fingerprint density at radius 3 is 2.56 bits per heavy atom. The van der Waals surface area contributed by atoms with Crippen LogP contribution >= 0.6 is 0 Å². The lowest BCUT2D eigenvalue weighted by Crippen LogP contribution is -2.26. The van der Waals surface area contributed by atoms with Gasteiger partial charge < -0.3 is 10.1 Å². The zero-order chi connectivity index (χ0) is 13.4. The molecule has 0 aliphatic heterocycles. The second-order valence-corrected chi connectivity index (χ2v) is 5.20. The number of rotatable bonds is 6. The molecule has 0 aliphatic rings. The Labute approximate surface area is 106 Å². The van der Waals surface area contributed by atoms with Gasteiger partial charge in [0.2, 0.25) is 0 Å². The van der Waals surface area contributed by atoms with Crippen LogP contribution in [-0.2, 0) is 21.5 Å². The van der Waals surface area contributed by atoms with Crippen molar-refractivity contribution in [3.63, 3.8) is 0 Å². The van der Waals surface area contributed by atoms with Crippen molar-refractivity contribution in [1.29, 1.82) is 0 Å². The van der Waals surface area contributed by atoms with Gasteiger partial charge >= 0.3 is 6.09 Å². The minimum atomic E-state index is -3.97. The maximum atomic E-state index is 11.2. The smallest absolute Gasteiger partial charge is 0.407 e. The molecule has 0 fully saturated rings. The first-order valence-corrected chi connectivity index (χ1v) is 6.98. The Hall–Kier alpha value is -1.60. The molecule has 1 aromatic rings. The molecule has 1 aromatic carbocycles. The quantitative estimate of drug-likeness (QED) is 0.600. The van der Waals surface area contributed by atoms with Gasteiger partial charge in [0.1, 0.15) is 6.61 Å². The molecule has 1 rings (SSSR count). The van der Waals surface area contributed by atoms with Crippen molar-refractivity contribution in [2.24, 2.45) is 0 Å². The lowest BCUT2D eigenvalue weighted by molar-refractivity contribution is 0.139. The second-order valence-electron chi connectivity index (χ2n) is 3.63. The van der Waals surface area contributed by atoms with Crippen molar-refractivity contribution in [3.05, 3.63) is 35.9 Å². The predicted molar refractivity (Wildman–Crippen MR) is 65.7 cm³/mol. The Bertz CT molecular complexity index is 471. The van der Waals surface area contributed by atoms with E-state index in [0.717, 1.165) is 5.56 Å². The molecule has 0 spiro atoms. The summed E-state index contributed by atoms with van der Waals surface area (Å²) in [4.78, 5) is 11.2. The maximum absolute atomic E-state index is 11.2. The predicted octanol–water partition coefficient (Wildman–Crippen LogP) is 1.19. The lowest BCUT2D eigenvalue weighted by Gasteiger charge is -2.06. The number of benzene rings is 1. The fourth-order valence-corrected chi connectivity index (χ4v) is 1.73. The van der Waals surface area contributed by atoms with E-state index < -0.39 is 16.2 Å². The van der Waals surface area contributed by atoms with Crippen molar-refractivity contribution < 1.29 is 22.5 Å². The highest BCUT2D eigenvalue weighted by Gasteiger charge is 2.05. The molecule has 0 saturated heterocycles. The summed E-state index contributed by atoms with van der Waals surface area (Å²) in [6, 6.07) is 9.18. The number of amides is 1. The number of nitrogens with one attached hydrogen (secondary N) is 1. The fourth-order valence-electron chi connectivity index (χ4n) is 1.22. The highest BCUT2D eigenvalue weighted by atomic mass is 32.2. The van der Waals surface area contributed by atoms with Crippen molar-refractivity contribution in [2.45, 2.75) is 13.0 Å². The molecule has 2 N–H and O–H groups in total. The summed E-state index contributed by atoms with van der Waals surface area (Å²) >= 11 is 0. The largest absolute Gasteiger partial charge is 0.445 e. The van der Waals surface area contributed by atoms with Gasteiger partial charge in [0, 0.05) is 6.54 Å². The molecule has 6 nitrogen and oxygen atoms in total. The molecule has 1 amide bonds. The molecule has 0 saturated carbocycles. The van der Waals surface area contributed by atoms with Crippen LogP contribution in [0.1, 0.15) is 12.0 Å². The van der Waals surface area contributed by atoms with Crippen molar-refractivity contribution in [2.75, 3.05) is 12.3 Å². The van der Waals surface area contributed by atoms with Crippen LogP contribution in [0.3, 0.4) is 0 Å². The Morgan fingerprint density at radius 1 is 1.28 bits per heavy atom. The molecule has 100 valence electrons. The number of carbonyl (C=O) groups is 1. The first-order valence-electron chi connectivity index (χ1n) is 5.37. The number of carbonyl (C=O) groups excluding carboxylic acids is 1. The van der Waals surface area contributed by atoms with Gasteiger partial charge in [-0.3, -0.25) is 4.55 Å². The van der Waals surface area contributed by atoms with Crippen molar-refractivity contribution in [3.8, 4) is 0 Å².